The van der Waals surface area contributed by atoms with Crippen molar-refractivity contribution in [2.45, 2.75) is 72.0 Å². The summed E-state index contributed by atoms with van der Waals surface area (Å²) in [5, 5.41) is 7.84. The zero-order valence-electron chi connectivity index (χ0n) is 29.2. The number of aliphatic imine (C=N–C) groups is 1. The fourth-order valence-corrected chi connectivity index (χ4v) is 8.38. The van der Waals surface area contributed by atoms with E-state index in [4.69, 9.17) is 14.7 Å². The van der Waals surface area contributed by atoms with Crippen molar-refractivity contribution >= 4 is 22.5 Å². The van der Waals surface area contributed by atoms with Crippen LogP contribution in [-0.4, -0.2) is 64.2 Å². The largest absolute Gasteiger partial charge is 0.497 e. The van der Waals surface area contributed by atoms with E-state index in [0.717, 1.165) is 55.6 Å². The van der Waals surface area contributed by atoms with Crippen LogP contribution in [-0.2, 0) is 13.0 Å². The molecule has 4 aromatic rings. The van der Waals surface area contributed by atoms with E-state index < -0.39 is 0 Å². The molecular weight excluding hydrogens is 617 g/mol. The molecule has 0 amide bonds. The summed E-state index contributed by atoms with van der Waals surface area (Å²) in [5.74, 6) is 3.45. The van der Waals surface area contributed by atoms with E-state index in [1.807, 2.05) is 30.3 Å². The van der Waals surface area contributed by atoms with Crippen molar-refractivity contribution in [3.63, 3.8) is 0 Å². The molecule has 3 aliphatic carbocycles. The molecule has 0 spiro atoms. The Kier molecular flexibility index (Phi) is 9.17. The molecule has 5 atom stereocenters. The van der Waals surface area contributed by atoms with E-state index >= 15 is 0 Å². The van der Waals surface area contributed by atoms with Gasteiger partial charge in [0.15, 0.2) is 5.96 Å². The van der Waals surface area contributed by atoms with Crippen LogP contribution in [0, 0.1) is 29.0 Å². The summed E-state index contributed by atoms with van der Waals surface area (Å²) in [6, 6.07) is 14.9. The Morgan fingerprint density at radius 1 is 1.14 bits per heavy atom. The highest BCUT2D eigenvalue weighted by atomic mass is 19.1. The molecule has 10 heteroatoms. The molecule has 1 saturated heterocycles. The molecule has 4 fully saturated rings. The van der Waals surface area contributed by atoms with Gasteiger partial charge >= 0.3 is 0 Å². The first-order valence-corrected chi connectivity index (χ1v) is 17.8. The summed E-state index contributed by atoms with van der Waals surface area (Å²) in [7, 11) is 1.51. The Labute approximate surface area is 288 Å². The van der Waals surface area contributed by atoms with E-state index in [1.54, 1.807) is 29.1 Å². The number of hydrogen-bond acceptors (Lipinski definition) is 6. The number of ether oxygens (including phenoxy) is 1. The van der Waals surface area contributed by atoms with Crippen molar-refractivity contribution in [2.75, 3.05) is 32.1 Å². The van der Waals surface area contributed by atoms with Crippen LogP contribution in [0.15, 0.2) is 70.7 Å². The number of piperazine rings is 1. The molecule has 4 aliphatic rings. The fourth-order valence-electron chi connectivity index (χ4n) is 8.38. The van der Waals surface area contributed by atoms with Gasteiger partial charge in [-0.2, -0.15) is 0 Å². The third kappa shape index (κ3) is 6.43. The summed E-state index contributed by atoms with van der Waals surface area (Å²) < 4.78 is 21.7. The second-order valence-corrected chi connectivity index (χ2v) is 14.7. The van der Waals surface area contributed by atoms with Crippen molar-refractivity contribution in [1.29, 1.82) is 0 Å². The van der Waals surface area contributed by atoms with E-state index in [1.165, 1.54) is 19.6 Å². The lowest BCUT2D eigenvalue weighted by Gasteiger charge is -2.61. The average molecular weight is 666 g/mol. The summed E-state index contributed by atoms with van der Waals surface area (Å²) in [5.41, 5.74) is 2.94. The van der Waals surface area contributed by atoms with Gasteiger partial charge in [0.05, 0.1) is 24.1 Å². The third-order valence-electron chi connectivity index (χ3n) is 11.7. The summed E-state index contributed by atoms with van der Waals surface area (Å²) in [6.45, 7) is 12.4. The zero-order chi connectivity index (χ0) is 34.3. The standard InChI is InChI=1S/C39H48FN7O2/c1-6-28-23-46(18-16-42-28)38(45-34-20-27-19-32(24(34)2)39(27,3)4)43-29-8-10-31-35(21-29)44-36(26-11-14-41-15-12-26)47(37(31)48)17-13-25-7-9-30(49-5)22-33(25)40/h7-12,14-15,21-22,24,27-28,32,34,42H,6,13,16-20,23H2,1-5H3,(H,43,45)/t24-,27-,28-,32+,34-/m0/s1. The number of nitrogens with zero attached hydrogens (tertiary/aromatic N) is 5. The van der Waals surface area contributed by atoms with Gasteiger partial charge in [-0.1, -0.05) is 33.8 Å². The Bertz CT molecular complexity index is 1910. The van der Waals surface area contributed by atoms with Crippen LogP contribution in [0.2, 0.25) is 0 Å². The fraction of sp³-hybridized carbons (Fsp3) is 0.487. The first-order valence-electron chi connectivity index (χ1n) is 17.8. The number of pyridine rings is 1. The quantitative estimate of drug-likeness (QED) is 0.167. The van der Waals surface area contributed by atoms with Gasteiger partial charge in [-0.25, -0.2) is 14.4 Å². The van der Waals surface area contributed by atoms with Gasteiger partial charge in [0.1, 0.15) is 17.4 Å². The van der Waals surface area contributed by atoms with Crippen molar-refractivity contribution in [2.24, 2.45) is 28.2 Å². The maximum Gasteiger partial charge on any atom is 0.261 e. The smallest absolute Gasteiger partial charge is 0.261 e. The molecule has 0 unspecified atom stereocenters. The van der Waals surface area contributed by atoms with Crippen molar-refractivity contribution in [3.8, 4) is 17.1 Å². The number of aryl methyl sites for hydroxylation is 1. The number of guanidine groups is 1. The highest BCUT2D eigenvalue weighted by molar-refractivity contribution is 5.96. The van der Waals surface area contributed by atoms with E-state index in [0.29, 0.717) is 57.8 Å². The van der Waals surface area contributed by atoms with Crippen LogP contribution in [0.3, 0.4) is 0 Å². The van der Waals surface area contributed by atoms with Gasteiger partial charge in [-0.05, 0) is 90.8 Å². The molecule has 9 nitrogen and oxygen atoms in total. The van der Waals surface area contributed by atoms with Crippen molar-refractivity contribution in [1.82, 2.24) is 24.8 Å². The topological polar surface area (TPSA) is 96.7 Å². The van der Waals surface area contributed by atoms with Gasteiger partial charge < -0.3 is 20.3 Å². The first-order chi connectivity index (χ1) is 23.7. The maximum absolute atomic E-state index is 14.9. The summed E-state index contributed by atoms with van der Waals surface area (Å²) in [4.78, 5) is 31.2. The number of rotatable bonds is 8. The minimum absolute atomic E-state index is 0.170. The number of benzene rings is 2. The monoisotopic (exact) mass is 665 g/mol. The molecule has 2 N–H and O–H groups in total. The molecule has 8 rings (SSSR count). The zero-order valence-corrected chi connectivity index (χ0v) is 29.2. The summed E-state index contributed by atoms with van der Waals surface area (Å²) >= 11 is 0. The number of anilines is 1. The number of aromatic nitrogens is 3. The molecule has 258 valence electrons. The van der Waals surface area contributed by atoms with Gasteiger partial charge in [0.25, 0.3) is 5.56 Å². The second-order valence-electron chi connectivity index (χ2n) is 14.7. The van der Waals surface area contributed by atoms with Crippen LogP contribution in [0.5, 0.6) is 5.75 Å². The molecule has 3 heterocycles. The van der Waals surface area contributed by atoms with Crippen LogP contribution in [0.1, 0.15) is 52.5 Å². The molecule has 2 aromatic carbocycles. The molecular formula is C39H48FN7O2. The minimum Gasteiger partial charge on any atom is -0.497 e. The van der Waals surface area contributed by atoms with Gasteiger partial charge in [-0.3, -0.25) is 14.3 Å². The van der Waals surface area contributed by atoms with Crippen molar-refractivity contribution in [3.05, 3.63) is 82.7 Å². The van der Waals surface area contributed by atoms with Crippen LogP contribution >= 0.6 is 0 Å². The number of hydrogen-bond donors (Lipinski definition) is 2. The third-order valence-corrected chi connectivity index (χ3v) is 11.7. The lowest BCUT2D eigenvalue weighted by Crippen LogP contribution is -2.57. The van der Waals surface area contributed by atoms with Crippen LogP contribution in [0.25, 0.3) is 22.3 Å². The number of halogens is 1. The van der Waals surface area contributed by atoms with Gasteiger partial charge in [0, 0.05) is 61.9 Å². The lowest BCUT2D eigenvalue weighted by atomic mass is 9.45. The normalized spacial score (nSPS) is 24.8. The number of methoxy groups -OCH3 is 1. The highest BCUT2D eigenvalue weighted by Crippen LogP contribution is 2.61. The van der Waals surface area contributed by atoms with E-state index in [9.17, 15) is 9.18 Å². The van der Waals surface area contributed by atoms with Crippen LogP contribution in [0.4, 0.5) is 10.1 Å². The highest BCUT2D eigenvalue weighted by Gasteiger charge is 2.56. The Morgan fingerprint density at radius 2 is 1.96 bits per heavy atom. The molecule has 49 heavy (non-hydrogen) atoms. The van der Waals surface area contributed by atoms with Gasteiger partial charge in [0.2, 0.25) is 0 Å². The molecule has 2 bridgehead atoms. The van der Waals surface area contributed by atoms with E-state index in [2.05, 4.69) is 48.2 Å². The molecule has 0 radical (unpaired) electrons. The Hall–Kier alpha value is -4.31. The molecule has 2 aromatic heterocycles. The van der Waals surface area contributed by atoms with E-state index in [-0.39, 0.29) is 24.0 Å². The van der Waals surface area contributed by atoms with Gasteiger partial charge in [-0.15, -0.1) is 0 Å². The predicted molar refractivity (Wildman–Crippen MR) is 194 cm³/mol. The summed E-state index contributed by atoms with van der Waals surface area (Å²) in [6.07, 6.45) is 7.19. The maximum atomic E-state index is 14.9. The average Bonchev–Trinajstić information content (AvgIpc) is 3.12. The second kappa shape index (κ2) is 13.5. The number of fused-ring (bicyclic) bond motifs is 3. The molecule has 3 saturated carbocycles. The van der Waals surface area contributed by atoms with Crippen LogP contribution < -0.4 is 20.9 Å². The predicted octanol–water partition coefficient (Wildman–Crippen LogP) is 6.37. The Morgan fingerprint density at radius 3 is 2.67 bits per heavy atom. The van der Waals surface area contributed by atoms with Crippen molar-refractivity contribution < 1.29 is 9.13 Å². The first kappa shape index (κ1) is 33.2. The minimum atomic E-state index is -0.363. The SMILES string of the molecule is CC[C@H]1CN(C(=N[C@H]2C[C@@H]3C[C@H]([C@@H]2C)C3(C)C)Nc2ccc3c(=O)n(CCc4ccc(OC)cc4F)c(-c4ccncc4)nc3c2)CCN1. The molecule has 1 aliphatic heterocycles. The number of nitrogens with one attached hydrogen (secondary N) is 2. The lowest BCUT2D eigenvalue weighted by molar-refractivity contribution is -0.108. The Balaban J connectivity index is 1.23.